The van der Waals surface area contributed by atoms with Crippen LogP contribution in [-0.4, -0.2) is 30.1 Å². The Kier molecular flexibility index (Phi) is 3.97. The molecule has 1 aliphatic heterocycles. The van der Waals surface area contributed by atoms with Gasteiger partial charge in [0.2, 0.25) is 0 Å². The van der Waals surface area contributed by atoms with Crippen molar-refractivity contribution in [3.05, 3.63) is 59.9 Å². The number of pyridine rings is 1. The van der Waals surface area contributed by atoms with Gasteiger partial charge in [-0.05, 0) is 43.6 Å². The van der Waals surface area contributed by atoms with E-state index in [-0.39, 0.29) is 6.04 Å². The standard InChI is InChI=1S/C17H20N2O/c1-20-16-9-3-2-8-15(16)17(19-11-4-5-12-19)14-7-6-10-18-13-14/h2-3,6-10,13,17H,4-5,11-12H2,1H3. The molecule has 1 aromatic heterocycles. The average Bonchev–Trinajstić information content (AvgIpc) is 3.03. The van der Waals surface area contributed by atoms with Crippen LogP contribution in [0.2, 0.25) is 0 Å². The summed E-state index contributed by atoms with van der Waals surface area (Å²) in [7, 11) is 1.74. The summed E-state index contributed by atoms with van der Waals surface area (Å²) in [6.45, 7) is 2.27. The van der Waals surface area contributed by atoms with Crippen molar-refractivity contribution in [1.29, 1.82) is 0 Å². The lowest BCUT2D eigenvalue weighted by atomic mass is 9.98. The highest BCUT2D eigenvalue weighted by molar-refractivity contribution is 5.41. The molecule has 104 valence electrons. The van der Waals surface area contributed by atoms with Crippen molar-refractivity contribution in [2.45, 2.75) is 18.9 Å². The minimum absolute atomic E-state index is 0.238. The third kappa shape index (κ3) is 2.54. The lowest BCUT2D eigenvalue weighted by Gasteiger charge is -2.29. The Morgan fingerprint density at radius 2 is 1.90 bits per heavy atom. The van der Waals surface area contributed by atoms with Gasteiger partial charge in [-0.2, -0.15) is 0 Å². The fourth-order valence-electron chi connectivity index (χ4n) is 3.02. The number of likely N-dealkylation sites (tertiary alicyclic amines) is 1. The number of hydrogen-bond donors (Lipinski definition) is 0. The number of ether oxygens (including phenoxy) is 1. The largest absolute Gasteiger partial charge is 0.496 e. The molecule has 0 saturated carbocycles. The minimum Gasteiger partial charge on any atom is -0.496 e. The molecule has 0 spiro atoms. The molecule has 3 rings (SSSR count). The molecule has 0 radical (unpaired) electrons. The van der Waals surface area contributed by atoms with Gasteiger partial charge in [0.05, 0.1) is 13.2 Å². The van der Waals surface area contributed by atoms with E-state index in [4.69, 9.17) is 4.74 Å². The van der Waals surface area contributed by atoms with Crippen molar-refractivity contribution in [3.63, 3.8) is 0 Å². The predicted molar refractivity (Wildman–Crippen MR) is 79.9 cm³/mol. The van der Waals surface area contributed by atoms with E-state index in [2.05, 4.69) is 28.1 Å². The van der Waals surface area contributed by atoms with E-state index >= 15 is 0 Å². The van der Waals surface area contributed by atoms with Crippen LogP contribution in [0.3, 0.4) is 0 Å². The molecule has 0 aliphatic carbocycles. The number of aromatic nitrogens is 1. The van der Waals surface area contributed by atoms with Gasteiger partial charge in [-0.25, -0.2) is 0 Å². The van der Waals surface area contributed by atoms with Gasteiger partial charge in [0.25, 0.3) is 0 Å². The summed E-state index contributed by atoms with van der Waals surface area (Å²) in [5, 5.41) is 0. The molecule has 0 bridgehead atoms. The first-order chi connectivity index (χ1) is 9.90. The number of hydrogen-bond acceptors (Lipinski definition) is 3. The second-order valence-electron chi connectivity index (χ2n) is 5.17. The fourth-order valence-corrected chi connectivity index (χ4v) is 3.02. The summed E-state index contributed by atoms with van der Waals surface area (Å²) in [5.41, 5.74) is 2.46. The third-order valence-corrected chi connectivity index (χ3v) is 3.94. The van der Waals surface area contributed by atoms with Gasteiger partial charge in [0.1, 0.15) is 5.75 Å². The Balaban J connectivity index is 2.05. The first-order valence-electron chi connectivity index (χ1n) is 7.17. The van der Waals surface area contributed by atoms with Crippen molar-refractivity contribution in [1.82, 2.24) is 9.88 Å². The summed E-state index contributed by atoms with van der Waals surface area (Å²) < 4.78 is 5.56. The molecule has 3 heteroatoms. The zero-order valence-corrected chi connectivity index (χ0v) is 11.8. The fraction of sp³-hybridized carbons (Fsp3) is 0.353. The SMILES string of the molecule is COc1ccccc1C(c1cccnc1)N1CCCC1. The summed E-state index contributed by atoms with van der Waals surface area (Å²) in [5.74, 6) is 0.952. The molecule has 1 saturated heterocycles. The summed E-state index contributed by atoms with van der Waals surface area (Å²) in [6, 6.07) is 12.7. The van der Waals surface area contributed by atoms with Gasteiger partial charge in [0, 0.05) is 18.0 Å². The van der Waals surface area contributed by atoms with Crippen molar-refractivity contribution < 1.29 is 4.74 Å². The van der Waals surface area contributed by atoms with Crippen LogP contribution in [0, 0.1) is 0 Å². The molecule has 3 nitrogen and oxygen atoms in total. The quantitative estimate of drug-likeness (QED) is 0.851. The van der Waals surface area contributed by atoms with Crippen LogP contribution < -0.4 is 4.74 Å². The smallest absolute Gasteiger partial charge is 0.123 e. The van der Waals surface area contributed by atoms with Gasteiger partial charge < -0.3 is 4.74 Å². The Bertz CT molecular complexity index is 550. The van der Waals surface area contributed by atoms with E-state index in [0.717, 1.165) is 18.8 Å². The van der Waals surface area contributed by atoms with Crippen LogP contribution in [0.4, 0.5) is 0 Å². The van der Waals surface area contributed by atoms with Crippen molar-refractivity contribution in [3.8, 4) is 5.75 Å². The first-order valence-corrected chi connectivity index (χ1v) is 7.17. The molecule has 1 aromatic carbocycles. The first kappa shape index (κ1) is 13.1. The number of methoxy groups -OCH3 is 1. The van der Waals surface area contributed by atoms with Crippen molar-refractivity contribution in [2.75, 3.05) is 20.2 Å². The van der Waals surface area contributed by atoms with Crippen LogP contribution in [0.15, 0.2) is 48.8 Å². The topological polar surface area (TPSA) is 25.4 Å². The molecule has 1 fully saturated rings. The monoisotopic (exact) mass is 268 g/mol. The summed E-state index contributed by atoms with van der Waals surface area (Å²) in [4.78, 5) is 6.81. The molecule has 20 heavy (non-hydrogen) atoms. The molecular formula is C17H20N2O. The second-order valence-corrected chi connectivity index (χ2v) is 5.17. The molecule has 0 amide bonds. The molecule has 1 atom stereocenters. The number of para-hydroxylation sites is 1. The molecule has 2 aromatic rings. The Morgan fingerprint density at radius 3 is 2.60 bits per heavy atom. The second kappa shape index (κ2) is 6.06. The van der Waals surface area contributed by atoms with E-state index < -0.39 is 0 Å². The van der Waals surface area contributed by atoms with Gasteiger partial charge in [0.15, 0.2) is 0 Å². The predicted octanol–water partition coefficient (Wildman–Crippen LogP) is 3.28. The lowest BCUT2D eigenvalue weighted by molar-refractivity contribution is 0.273. The highest BCUT2D eigenvalue weighted by Crippen LogP contribution is 2.36. The van der Waals surface area contributed by atoms with Crippen LogP contribution in [0.1, 0.15) is 30.0 Å². The van der Waals surface area contributed by atoms with E-state index in [0.29, 0.717) is 0 Å². The van der Waals surface area contributed by atoms with Crippen molar-refractivity contribution in [2.24, 2.45) is 0 Å². The molecular weight excluding hydrogens is 248 g/mol. The Labute approximate surface area is 120 Å². The maximum atomic E-state index is 5.56. The maximum Gasteiger partial charge on any atom is 0.123 e. The average molecular weight is 268 g/mol. The van der Waals surface area contributed by atoms with Gasteiger partial charge >= 0.3 is 0 Å². The normalized spacial score (nSPS) is 17.1. The third-order valence-electron chi connectivity index (χ3n) is 3.94. The Morgan fingerprint density at radius 1 is 1.10 bits per heavy atom. The lowest BCUT2D eigenvalue weighted by Crippen LogP contribution is -2.27. The van der Waals surface area contributed by atoms with E-state index in [1.165, 1.54) is 24.0 Å². The van der Waals surface area contributed by atoms with E-state index in [1.807, 2.05) is 30.6 Å². The highest BCUT2D eigenvalue weighted by atomic mass is 16.5. The van der Waals surface area contributed by atoms with Gasteiger partial charge in [-0.1, -0.05) is 24.3 Å². The van der Waals surface area contributed by atoms with E-state index in [1.54, 1.807) is 7.11 Å². The number of benzene rings is 1. The summed E-state index contributed by atoms with van der Waals surface area (Å²) >= 11 is 0. The van der Waals surface area contributed by atoms with Gasteiger partial charge in [-0.15, -0.1) is 0 Å². The number of nitrogens with zero attached hydrogens (tertiary/aromatic N) is 2. The Hall–Kier alpha value is -1.87. The van der Waals surface area contributed by atoms with E-state index in [9.17, 15) is 0 Å². The maximum absolute atomic E-state index is 5.56. The molecule has 1 aliphatic rings. The number of rotatable bonds is 4. The zero-order chi connectivity index (χ0) is 13.8. The van der Waals surface area contributed by atoms with Crippen LogP contribution in [0.5, 0.6) is 5.75 Å². The van der Waals surface area contributed by atoms with Gasteiger partial charge in [-0.3, -0.25) is 9.88 Å². The summed E-state index contributed by atoms with van der Waals surface area (Å²) in [6.07, 6.45) is 6.33. The minimum atomic E-state index is 0.238. The molecule has 1 unspecified atom stereocenters. The molecule has 0 N–H and O–H groups in total. The van der Waals surface area contributed by atoms with Crippen LogP contribution in [-0.2, 0) is 0 Å². The van der Waals surface area contributed by atoms with Crippen LogP contribution in [0.25, 0.3) is 0 Å². The van der Waals surface area contributed by atoms with Crippen molar-refractivity contribution >= 4 is 0 Å². The molecule has 2 heterocycles. The highest BCUT2D eigenvalue weighted by Gasteiger charge is 2.27. The zero-order valence-electron chi connectivity index (χ0n) is 11.8. The van der Waals surface area contributed by atoms with Crippen LogP contribution >= 0.6 is 0 Å².